The van der Waals surface area contributed by atoms with Crippen molar-refractivity contribution in [2.45, 2.75) is 19.9 Å². The zero-order valence-electron chi connectivity index (χ0n) is 13.2. The second-order valence-corrected chi connectivity index (χ2v) is 5.73. The van der Waals surface area contributed by atoms with Crippen molar-refractivity contribution >= 4 is 17.5 Å². The number of carbonyl (C=O) groups excluding carboxylic acids is 1. The summed E-state index contributed by atoms with van der Waals surface area (Å²) in [6.45, 7) is 2.43. The van der Waals surface area contributed by atoms with Crippen molar-refractivity contribution in [3.05, 3.63) is 76.8 Å². The van der Waals surface area contributed by atoms with Gasteiger partial charge in [-0.1, -0.05) is 24.6 Å². The van der Waals surface area contributed by atoms with Crippen LogP contribution in [0, 0.1) is 0 Å². The largest absolute Gasteiger partial charge is 0.348 e. The van der Waals surface area contributed by atoms with E-state index in [2.05, 4.69) is 15.4 Å². The lowest BCUT2D eigenvalue weighted by Gasteiger charge is -2.09. The number of aromatic nitrogens is 3. The molecule has 5 nitrogen and oxygen atoms in total. The minimum absolute atomic E-state index is 0.143. The maximum Gasteiger partial charge on any atom is 0.255 e. The Morgan fingerprint density at radius 3 is 2.67 bits per heavy atom. The molecule has 3 aromatic rings. The molecule has 0 saturated heterocycles. The summed E-state index contributed by atoms with van der Waals surface area (Å²) in [5.41, 5.74) is 3.27. The van der Waals surface area contributed by atoms with Crippen molar-refractivity contribution in [2.24, 2.45) is 0 Å². The Hall–Kier alpha value is -2.66. The van der Waals surface area contributed by atoms with E-state index in [1.54, 1.807) is 35.4 Å². The maximum absolute atomic E-state index is 12.5. The number of pyridine rings is 1. The van der Waals surface area contributed by atoms with E-state index in [0.29, 0.717) is 23.6 Å². The highest BCUT2D eigenvalue weighted by Gasteiger charge is 2.17. The Kier molecular flexibility index (Phi) is 4.91. The van der Waals surface area contributed by atoms with Gasteiger partial charge in [0.05, 0.1) is 23.1 Å². The second kappa shape index (κ2) is 7.27. The van der Waals surface area contributed by atoms with Gasteiger partial charge in [-0.15, -0.1) is 0 Å². The molecule has 0 aliphatic rings. The molecule has 122 valence electrons. The van der Waals surface area contributed by atoms with Gasteiger partial charge < -0.3 is 5.32 Å². The molecule has 0 radical (unpaired) electrons. The van der Waals surface area contributed by atoms with E-state index in [9.17, 15) is 4.79 Å². The molecule has 0 aliphatic heterocycles. The molecule has 0 unspecified atom stereocenters. The molecule has 0 atom stereocenters. The van der Waals surface area contributed by atoms with Crippen molar-refractivity contribution in [3.8, 4) is 5.69 Å². The first-order valence-corrected chi connectivity index (χ1v) is 8.06. The molecule has 0 saturated carbocycles. The summed E-state index contributed by atoms with van der Waals surface area (Å²) < 4.78 is 1.77. The molecule has 2 aromatic heterocycles. The molecule has 1 amide bonds. The van der Waals surface area contributed by atoms with Crippen LogP contribution in [0.15, 0.2) is 55.0 Å². The van der Waals surface area contributed by atoms with Crippen LogP contribution in [0.2, 0.25) is 5.02 Å². The molecule has 0 spiro atoms. The van der Waals surface area contributed by atoms with Crippen LogP contribution in [0.4, 0.5) is 0 Å². The van der Waals surface area contributed by atoms with Crippen molar-refractivity contribution in [2.75, 3.05) is 0 Å². The van der Waals surface area contributed by atoms with Crippen molar-refractivity contribution in [1.29, 1.82) is 0 Å². The molecule has 2 heterocycles. The lowest BCUT2D eigenvalue weighted by molar-refractivity contribution is 0.0950. The summed E-state index contributed by atoms with van der Waals surface area (Å²) in [7, 11) is 0. The topological polar surface area (TPSA) is 59.8 Å². The molecule has 24 heavy (non-hydrogen) atoms. The normalized spacial score (nSPS) is 10.6. The average molecular weight is 341 g/mol. The molecule has 6 heteroatoms. The second-order valence-electron chi connectivity index (χ2n) is 5.29. The van der Waals surface area contributed by atoms with Crippen molar-refractivity contribution in [3.63, 3.8) is 0 Å². The molecule has 0 fully saturated rings. The van der Waals surface area contributed by atoms with Crippen LogP contribution < -0.4 is 5.32 Å². The molecular weight excluding hydrogens is 324 g/mol. The van der Waals surface area contributed by atoms with E-state index in [0.717, 1.165) is 16.9 Å². The smallest absolute Gasteiger partial charge is 0.255 e. The van der Waals surface area contributed by atoms with Crippen LogP contribution in [0.5, 0.6) is 0 Å². The predicted molar refractivity (Wildman–Crippen MR) is 93.4 cm³/mol. The molecular formula is C18H17ClN4O. The van der Waals surface area contributed by atoms with Crippen LogP contribution >= 0.6 is 11.6 Å². The predicted octanol–water partition coefficient (Wildman–Crippen LogP) is 3.41. The van der Waals surface area contributed by atoms with E-state index in [1.165, 1.54) is 0 Å². The number of benzene rings is 1. The minimum Gasteiger partial charge on any atom is -0.348 e. The minimum atomic E-state index is -0.143. The monoisotopic (exact) mass is 340 g/mol. The summed E-state index contributed by atoms with van der Waals surface area (Å²) in [5, 5.41) is 7.94. The Morgan fingerprint density at radius 1 is 1.21 bits per heavy atom. The number of nitrogens with one attached hydrogen (secondary N) is 1. The number of rotatable bonds is 5. The number of halogens is 1. The molecule has 1 N–H and O–H groups in total. The Morgan fingerprint density at radius 2 is 2.00 bits per heavy atom. The number of nitrogens with zero attached hydrogens (tertiary/aromatic N) is 3. The van der Waals surface area contributed by atoms with Gasteiger partial charge in [0.15, 0.2) is 0 Å². The molecule has 0 aliphatic carbocycles. The first-order chi connectivity index (χ1) is 11.7. The van der Waals surface area contributed by atoms with Gasteiger partial charge in [-0.3, -0.25) is 9.78 Å². The Labute approximate surface area is 145 Å². The van der Waals surface area contributed by atoms with Crippen LogP contribution in [0.25, 0.3) is 5.69 Å². The zero-order chi connectivity index (χ0) is 16.9. The van der Waals surface area contributed by atoms with E-state index in [-0.39, 0.29) is 5.91 Å². The number of hydrogen-bond donors (Lipinski definition) is 1. The third-order valence-corrected chi connectivity index (χ3v) is 3.95. The van der Waals surface area contributed by atoms with E-state index in [1.807, 2.05) is 31.2 Å². The van der Waals surface area contributed by atoms with E-state index >= 15 is 0 Å². The van der Waals surface area contributed by atoms with Gasteiger partial charge in [-0.25, -0.2) is 4.68 Å². The van der Waals surface area contributed by atoms with Gasteiger partial charge in [-0.2, -0.15) is 5.10 Å². The fraction of sp³-hybridized carbons (Fsp3) is 0.167. The third-order valence-electron chi connectivity index (χ3n) is 3.70. The number of hydrogen-bond acceptors (Lipinski definition) is 3. The zero-order valence-corrected chi connectivity index (χ0v) is 14.0. The highest BCUT2D eigenvalue weighted by Crippen LogP contribution is 2.18. The highest BCUT2D eigenvalue weighted by atomic mass is 35.5. The summed E-state index contributed by atoms with van der Waals surface area (Å²) in [6.07, 6.45) is 5.74. The van der Waals surface area contributed by atoms with Crippen LogP contribution in [-0.2, 0) is 13.0 Å². The molecule has 3 rings (SSSR count). The third kappa shape index (κ3) is 3.46. The summed E-state index contributed by atoms with van der Waals surface area (Å²) in [6, 6.07) is 11.1. The number of amides is 1. The van der Waals surface area contributed by atoms with Crippen molar-refractivity contribution < 1.29 is 4.79 Å². The Balaban J connectivity index is 1.81. The Bertz CT molecular complexity index is 828. The fourth-order valence-corrected chi connectivity index (χ4v) is 2.61. The number of carbonyl (C=O) groups is 1. The standard InChI is InChI=1S/C18H17ClN4O/c1-2-17-16(18(24)21-11-13-4-3-9-20-10-13)12-22-23(17)15-7-5-14(19)6-8-15/h3-10,12H,2,11H2,1H3,(H,21,24). The first-order valence-electron chi connectivity index (χ1n) is 7.69. The van der Waals surface area contributed by atoms with Crippen molar-refractivity contribution in [1.82, 2.24) is 20.1 Å². The van der Waals surface area contributed by atoms with Crippen LogP contribution in [0.1, 0.15) is 28.5 Å². The van der Waals surface area contributed by atoms with Gasteiger partial charge in [0.2, 0.25) is 0 Å². The van der Waals surface area contributed by atoms with Crippen LogP contribution in [-0.4, -0.2) is 20.7 Å². The first kappa shape index (κ1) is 16.2. The lowest BCUT2D eigenvalue weighted by atomic mass is 10.2. The SMILES string of the molecule is CCc1c(C(=O)NCc2cccnc2)cnn1-c1ccc(Cl)cc1. The van der Waals surface area contributed by atoms with Gasteiger partial charge in [0.1, 0.15) is 0 Å². The molecule has 1 aromatic carbocycles. The van der Waals surface area contributed by atoms with Gasteiger partial charge in [0.25, 0.3) is 5.91 Å². The van der Waals surface area contributed by atoms with Gasteiger partial charge in [-0.05, 0) is 42.3 Å². The van der Waals surface area contributed by atoms with E-state index < -0.39 is 0 Å². The summed E-state index contributed by atoms with van der Waals surface area (Å²) >= 11 is 5.93. The lowest BCUT2D eigenvalue weighted by Crippen LogP contribution is -2.23. The summed E-state index contributed by atoms with van der Waals surface area (Å²) in [4.78, 5) is 16.5. The quantitative estimate of drug-likeness (QED) is 0.774. The average Bonchev–Trinajstić information content (AvgIpc) is 3.05. The van der Waals surface area contributed by atoms with Crippen LogP contribution in [0.3, 0.4) is 0 Å². The molecule has 0 bridgehead atoms. The van der Waals surface area contributed by atoms with Gasteiger partial charge in [0, 0.05) is 24.0 Å². The summed E-state index contributed by atoms with van der Waals surface area (Å²) in [5.74, 6) is -0.143. The van der Waals surface area contributed by atoms with Gasteiger partial charge >= 0.3 is 0 Å². The van der Waals surface area contributed by atoms with E-state index in [4.69, 9.17) is 11.6 Å². The fourth-order valence-electron chi connectivity index (χ4n) is 2.49. The highest BCUT2D eigenvalue weighted by molar-refractivity contribution is 6.30. The maximum atomic E-state index is 12.5.